The van der Waals surface area contributed by atoms with Gasteiger partial charge in [-0.3, -0.25) is 0 Å². The Morgan fingerprint density at radius 1 is 1.00 bits per heavy atom. The van der Waals surface area contributed by atoms with Crippen molar-refractivity contribution in [2.75, 3.05) is 34.5 Å². The molecule has 1 aliphatic rings. The van der Waals surface area contributed by atoms with Crippen LogP contribution in [0.2, 0.25) is 0 Å². The Morgan fingerprint density at radius 2 is 1.53 bits per heavy atom. The third-order valence-electron chi connectivity index (χ3n) is 2.67. The molecular formula is C12H16O5. The van der Waals surface area contributed by atoms with Gasteiger partial charge in [0.25, 0.3) is 0 Å². The minimum atomic E-state index is -1.24. The maximum atomic E-state index is 5.56. The minimum Gasteiger partial charge on any atom is -0.496 e. The number of hydrogen-bond acceptors (Lipinski definition) is 5. The molecular weight excluding hydrogens is 224 g/mol. The third kappa shape index (κ3) is 1.97. The standard InChI is InChI=1S/C12H16O5/c1-13-9-5-4-6-10(14-2)11(9)12(15-3)16-7-8-17-12/h4-6H,7-8H2,1-3H3. The number of ether oxygens (including phenoxy) is 5. The van der Waals surface area contributed by atoms with Crippen molar-refractivity contribution in [1.82, 2.24) is 0 Å². The highest BCUT2D eigenvalue weighted by Crippen LogP contribution is 2.43. The van der Waals surface area contributed by atoms with Crippen LogP contribution in [0.3, 0.4) is 0 Å². The van der Waals surface area contributed by atoms with E-state index in [-0.39, 0.29) is 0 Å². The van der Waals surface area contributed by atoms with Crippen LogP contribution in [0, 0.1) is 0 Å². The van der Waals surface area contributed by atoms with Gasteiger partial charge in [-0.25, -0.2) is 0 Å². The molecule has 1 aliphatic heterocycles. The topological polar surface area (TPSA) is 46.2 Å². The van der Waals surface area contributed by atoms with E-state index in [9.17, 15) is 0 Å². The lowest BCUT2D eigenvalue weighted by Gasteiger charge is -2.28. The van der Waals surface area contributed by atoms with Gasteiger partial charge in [-0.2, -0.15) is 0 Å². The number of hydrogen-bond donors (Lipinski definition) is 0. The average Bonchev–Trinajstić information content (AvgIpc) is 2.87. The molecule has 0 amide bonds. The molecule has 5 nitrogen and oxygen atoms in total. The van der Waals surface area contributed by atoms with Gasteiger partial charge in [-0.1, -0.05) is 6.07 Å². The lowest BCUT2D eigenvalue weighted by molar-refractivity contribution is -0.332. The van der Waals surface area contributed by atoms with Crippen LogP contribution in [0.15, 0.2) is 18.2 Å². The molecule has 0 radical (unpaired) electrons. The monoisotopic (exact) mass is 240 g/mol. The van der Waals surface area contributed by atoms with Gasteiger partial charge in [0, 0.05) is 7.11 Å². The van der Waals surface area contributed by atoms with Crippen LogP contribution >= 0.6 is 0 Å². The summed E-state index contributed by atoms with van der Waals surface area (Å²) in [5, 5.41) is 0. The zero-order valence-electron chi connectivity index (χ0n) is 10.2. The fourth-order valence-electron chi connectivity index (χ4n) is 1.91. The smallest absolute Gasteiger partial charge is 0.319 e. The van der Waals surface area contributed by atoms with Crippen molar-refractivity contribution in [2.45, 2.75) is 5.97 Å². The first kappa shape index (κ1) is 12.2. The molecule has 94 valence electrons. The van der Waals surface area contributed by atoms with Gasteiger partial charge < -0.3 is 23.7 Å². The van der Waals surface area contributed by atoms with Crippen molar-refractivity contribution in [3.63, 3.8) is 0 Å². The predicted octanol–water partition coefficient (Wildman–Crippen LogP) is 1.51. The van der Waals surface area contributed by atoms with Crippen molar-refractivity contribution >= 4 is 0 Å². The second kappa shape index (κ2) is 4.91. The Balaban J connectivity index is 2.54. The Hall–Kier alpha value is -1.30. The molecule has 1 heterocycles. The highest BCUT2D eigenvalue weighted by Gasteiger charge is 2.44. The predicted molar refractivity (Wildman–Crippen MR) is 60.1 cm³/mol. The summed E-state index contributed by atoms with van der Waals surface area (Å²) in [4.78, 5) is 0. The average molecular weight is 240 g/mol. The molecule has 0 aliphatic carbocycles. The normalized spacial score (nSPS) is 18.1. The first-order valence-electron chi connectivity index (χ1n) is 5.32. The van der Waals surface area contributed by atoms with E-state index in [1.165, 1.54) is 7.11 Å². The van der Waals surface area contributed by atoms with E-state index < -0.39 is 5.97 Å². The molecule has 0 N–H and O–H groups in total. The zero-order valence-corrected chi connectivity index (χ0v) is 10.2. The van der Waals surface area contributed by atoms with Gasteiger partial charge in [-0.05, 0) is 12.1 Å². The van der Waals surface area contributed by atoms with E-state index in [2.05, 4.69) is 0 Å². The highest BCUT2D eigenvalue weighted by atomic mass is 16.9. The Bertz CT molecular complexity index is 362. The molecule has 1 aromatic rings. The summed E-state index contributed by atoms with van der Waals surface area (Å²) in [6.45, 7) is 0.935. The van der Waals surface area contributed by atoms with Crippen LogP contribution in [0.5, 0.6) is 11.5 Å². The maximum Gasteiger partial charge on any atom is 0.319 e. The summed E-state index contributed by atoms with van der Waals surface area (Å²) < 4.78 is 27.1. The first-order chi connectivity index (χ1) is 8.27. The SMILES string of the molecule is COc1cccc(OC)c1C1(OC)OCCO1. The lowest BCUT2D eigenvalue weighted by atomic mass is 10.1. The summed E-state index contributed by atoms with van der Waals surface area (Å²) in [6, 6.07) is 5.45. The first-order valence-corrected chi connectivity index (χ1v) is 5.32. The van der Waals surface area contributed by atoms with Crippen LogP contribution in [-0.4, -0.2) is 34.5 Å². The molecule has 17 heavy (non-hydrogen) atoms. The molecule has 0 bridgehead atoms. The van der Waals surface area contributed by atoms with Crippen LogP contribution in [0.1, 0.15) is 5.56 Å². The van der Waals surface area contributed by atoms with Crippen molar-refractivity contribution in [2.24, 2.45) is 0 Å². The van der Waals surface area contributed by atoms with E-state index in [1.54, 1.807) is 14.2 Å². The van der Waals surface area contributed by atoms with E-state index in [4.69, 9.17) is 23.7 Å². The highest BCUT2D eigenvalue weighted by molar-refractivity contribution is 5.47. The second-order valence-corrected chi connectivity index (χ2v) is 3.49. The maximum absolute atomic E-state index is 5.56. The molecule has 0 spiro atoms. The molecule has 2 rings (SSSR count). The Kier molecular flexibility index (Phi) is 3.51. The van der Waals surface area contributed by atoms with Crippen molar-refractivity contribution in [3.8, 4) is 11.5 Å². The summed E-state index contributed by atoms with van der Waals surface area (Å²) in [7, 11) is 4.68. The van der Waals surface area contributed by atoms with Crippen molar-refractivity contribution in [3.05, 3.63) is 23.8 Å². The summed E-state index contributed by atoms with van der Waals surface area (Å²) in [5.41, 5.74) is 0.616. The molecule has 1 fully saturated rings. The van der Waals surface area contributed by atoms with Gasteiger partial charge in [-0.15, -0.1) is 0 Å². The fourth-order valence-corrected chi connectivity index (χ4v) is 1.91. The van der Waals surface area contributed by atoms with E-state index in [1.807, 2.05) is 18.2 Å². The van der Waals surface area contributed by atoms with E-state index >= 15 is 0 Å². The van der Waals surface area contributed by atoms with Crippen LogP contribution in [-0.2, 0) is 20.2 Å². The molecule has 0 unspecified atom stereocenters. The van der Waals surface area contributed by atoms with Crippen LogP contribution in [0.4, 0.5) is 0 Å². The van der Waals surface area contributed by atoms with Crippen LogP contribution < -0.4 is 9.47 Å². The molecule has 5 heteroatoms. The third-order valence-corrected chi connectivity index (χ3v) is 2.67. The minimum absolute atomic E-state index is 0.467. The van der Waals surface area contributed by atoms with Gasteiger partial charge in [0.1, 0.15) is 17.1 Å². The lowest BCUT2D eigenvalue weighted by Crippen LogP contribution is -2.30. The summed E-state index contributed by atoms with van der Waals surface area (Å²) >= 11 is 0. The van der Waals surface area contributed by atoms with Gasteiger partial charge in [0.2, 0.25) is 0 Å². The van der Waals surface area contributed by atoms with Gasteiger partial charge in [0.05, 0.1) is 27.4 Å². The fraction of sp³-hybridized carbons (Fsp3) is 0.500. The molecule has 0 aromatic heterocycles. The number of methoxy groups -OCH3 is 3. The molecule has 0 saturated carbocycles. The number of benzene rings is 1. The second-order valence-electron chi connectivity index (χ2n) is 3.49. The Morgan fingerprint density at radius 3 is 1.94 bits per heavy atom. The Labute approximate surface area is 100 Å². The van der Waals surface area contributed by atoms with Gasteiger partial charge >= 0.3 is 5.97 Å². The van der Waals surface area contributed by atoms with E-state index in [0.29, 0.717) is 30.3 Å². The zero-order chi connectivity index (χ0) is 12.3. The quantitative estimate of drug-likeness (QED) is 0.798. The van der Waals surface area contributed by atoms with E-state index in [0.717, 1.165) is 0 Å². The molecule has 1 saturated heterocycles. The molecule has 0 atom stereocenters. The van der Waals surface area contributed by atoms with Crippen molar-refractivity contribution in [1.29, 1.82) is 0 Å². The largest absolute Gasteiger partial charge is 0.496 e. The molecule has 1 aromatic carbocycles. The van der Waals surface area contributed by atoms with Gasteiger partial charge in [0.15, 0.2) is 0 Å². The summed E-state index contributed by atoms with van der Waals surface area (Å²) in [6.07, 6.45) is 0. The summed E-state index contributed by atoms with van der Waals surface area (Å²) in [5.74, 6) is -0.0287. The van der Waals surface area contributed by atoms with Crippen LogP contribution in [0.25, 0.3) is 0 Å². The number of rotatable bonds is 4. The van der Waals surface area contributed by atoms with Crippen molar-refractivity contribution < 1.29 is 23.7 Å².